The van der Waals surface area contributed by atoms with Gasteiger partial charge in [-0.3, -0.25) is 9.48 Å². The first-order valence-electron chi connectivity index (χ1n) is 16.7. The van der Waals surface area contributed by atoms with E-state index in [1.54, 1.807) is 8.99 Å². The average molecular weight is 648 g/mol. The molecule has 2 N–H and O–H groups in total. The highest BCUT2D eigenvalue weighted by atomic mass is 32.2. The van der Waals surface area contributed by atoms with Crippen LogP contribution in [0.15, 0.2) is 48.7 Å². The molecule has 0 spiro atoms. The number of carbonyl (C=O) groups excluding carboxylic acids is 1. The number of fused-ring (bicyclic) bond motifs is 4. The van der Waals surface area contributed by atoms with Gasteiger partial charge in [0.05, 0.1) is 11.3 Å². The van der Waals surface area contributed by atoms with Gasteiger partial charge in [-0.05, 0) is 95.4 Å². The minimum atomic E-state index is -3.19. The first-order chi connectivity index (χ1) is 22.1. The van der Waals surface area contributed by atoms with Gasteiger partial charge in [-0.25, -0.2) is 12.7 Å². The molecule has 11 heteroatoms. The lowest BCUT2D eigenvalue weighted by Crippen LogP contribution is -2.55. The third kappa shape index (κ3) is 7.17. The Bertz CT molecular complexity index is 1760. The highest BCUT2D eigenvalue weighted by Gasteiger charge is 2.37. The number of para-hydroxylation sites is 1. The summed E-state index contributed by atoms with van der Waals surface area (Å²) in [6, 6.07) is 15.4. The Morgan fingerprint density at radius 3 is 2.43 bits per heavy atom. The van der Waals surface area contributed by atoms with Gasteiger partial charge in [0.2, 0.25) is 10.0 Å². The van der Waals surface area contributed by atoms with E-state index in [0.29, 0.717) is 30.9 Å². The van der Waals surface area contributed by atoms with Gasteiger partial charge in [0, 0.05) is 67.3 Å². The van der Waals surface area contributed by atoms with Crippen molar-refractivity contribution in [2.75, 3.05) is 40.8 Å². The van der Waals surface area contributed by atoms with E-state index in [4.69, 9.17) is 0 Å². The van der Waals surface area contributed by atoms with E-state index in [1.807, 2.05) is 55.7 Å². The average Bonchev–Trinajstić information content (AvgIpc) is 3.77. The van der Waals surface area contributed by atoms with Gasteiger partial charge in [0.15, 0.2) is 5.69 Å². The minimum absolute atomic E-state index is 0.0329. The summed E-state index contributed by atoms with van der Waals surface area (Å²) < 4.78 is 28.4. The SMILES string of the molecule is CN(C)CCc1c[nH]c2ccc(CS(=O)(=O)N3CCCC3)cc12.CN1[C@@H]2CCC[C@H]1CC(NC(=O)c1nn(C)c3ccccc13)C2. The summed E-state index contributed by atoms with van der Waals surface area (Å²) in [6.07, 6.45) is 10.9. The molecule has 1 amide bonds. The van der Waals surface area contributed by atoms with Crippen molar-refractivity contribution in [3.63, 3.8) is 0 Å². The number of hydrogen-bond donors (Lipinski definition) is 2. The highest BCUT2D eigenvalue weighted by Crippen LogP contribution is 2.33. The molecule has 3 fully saturated rings. The number of aryl methyl sites for hydroxylation is 1. The molecule has 248 valence electrons. The molecule has 0 radical (unpaired) electrons. The van der Waals surface area contributed by atoms with E-state index >= 15 is 0 Å². The van der Waals surface area contributed by atoms with E-state index in [-0.39, 0.29) is 17.7 Å². The lowest BCUT2D eigenvalue weighted by atomic mass is 9.82. The van der Waals surface area contributed by atoms with Crippen LogP contribution in [0, 0.1) is 0 Å². The van der Waals surface area contributed by atoms with Crippen LogP contribution in [0.2, 0.25) is 0 Å². The predicted octanol–water partition coefficient (Wildman–Crippen LogP) is 4.52. The smallest absolute Gasteiger partial charge is 0.272 e. The molecule has 2 aromatic carbocycles. The van der Waals surface area contributed by atoms with Crippen LogP contribution in [0.1, 0.15) is 66.6 Å². The fourth-order valence-corrected chi connectivity index (χ4v) is 9.10. The van der Waals surface area contributed by atoms with E-state index in [9.17, 15) is 13.2 Å². The van der Waals surface area contributed by atoms with Gasteiger partial charge in [-0.15, -0.1) is 0 Å². The van der Waals surface area contributed by atoms with Gasteiger partial charge in [0.1, 0.15) is 0 Å². The second kappa shape index (κ2) is 13.9. The topological polar surface area (TPSA) is 107 Å². The summed E-state index contributed by atoms with van der Waals surface area (Å²) in [5.74, 6) is 0.0655. The summed E-state index contributed by atoms with van der Waals surface area (Å²) in [6.45, 7) is 2.31. The van der Waals surface area contributed by atoms with Crippen molar-refractivity contribution in [3.05, 3.63) is 65.5 Å². The zero-order valence-electron chi connectivity index (χ0n) is 27.7. The molecular weight excluding hydrogens is 598 g/mol. The largest absolute Gasteiger partial charge is 0.361 e. The number of nitrogens with one attached hydrogen (secondary N) is 2. The van der Waals surface area contributed by atoms with Crippen LogP contribution in [0.25, 0.3) is 21.8 Å². The first kappa shape index (κ1) is 32.7. The molecule has 1 unspecified atom stereocenters. The molecule has 3 aliphatic rings. The fraction of sp³-hybridized carbons (Fsp3) is 0.543. The van der Waals surface area contributed by atoms with Crippen molar-refractivity contribution in [1.29, 1.82) is 0 Å². The number of aromatic amines is 1. The third-order valence-electron chi connectivity index (χ3n) is 10.1. The monoisotopic (exact) mass is 647 g/mol. The molecule has 10 nitrogen and oxygen atoms in total. The van der Waals surface area contributed by atoms with Crippen LogP contribution in [0.3, 0.4) is 0 Å². The van der Waals surface area contributed by atoms with Crippen molar-refractivity contribution in [3.8, 4) is 0 Å². The summed E-state index contributed by atoms with van der Waals surface area (Å²) in [4.78, 5) is 20.7. The molecule has 3 aliphatic heterocycles. The van der Waals surface area contributed by atoms with E-state index in [1.165, 1.54) is 24.8 Å². The van der Waals surface area contributed by atoms with Crippen LogP contribution in [0.4, 0.5) is 0 Å². The van der Waals surface area contributed by atoms with Gasteiger partial charge in [0.25, 0.3) is 5.91 Å². The van der Waals surface area contributed by atoms with Crippen molar-refractivity contribution >= 4 is 37.7 Å². The Morgan fingerprint density at radius 2 is 1.72 bits per heavy atom. The van der Waals surface area contributed by atoms with E-state index < -0.39 is 10.0 Å². The fourth-order valence-electron chi connectivity index (χ4n) is 7.50. The number of amides is 1. The van der Waals surface area contributed by atoms with Gasteiger partial charge in [-0.1, -0.05) is 30.7 Å². The number of sulfonamides is 1. The number of hydrogen-bond acceptors (Lipinski definition) is 6. The maximum Gasteiger partial charge on any atom is 0.272 e. The van der Waals surface area contributed by atoms with Crippen molar-refractivity contribution in [2.45, 2.75) is 75.2 Å². The summed E-state index contributed by atoms with van der Waals surface area (Å²) >= 11 is 0. The lowest BCUT2D eigenvalue weighted by molar-refractivity contribution is 0.0462. The molecule has 2 bridgehead atoms. The number of carbonyl (C=O) groups is 1. The normalized spacial score (nSPS) is 22.3. The van der Waals surface area contributed by atoms with Crippen molar-refractivity contribution in [1.82, 2.24) is 34.2 Å². The van der Waals surface area contributed by atoms with E-state index in [0.717, 1.165) is 66.0 Å². The molecule has 2 aromatic heterocycles. The maximum absolute atomic E-state index is 12.7. The van der Waals surface area contributed by atoms with Gasteiger partial charge < -0.3 is 20.1 Å². The van der Waals surface area contributed by atoms with Gasteiger partial charge in [-0.2, -0.15) is 5.10 Å². The third-order valence-corrected chi connectivity index (χ3v) is 12.0. The van der Waals surface area contributed by atoms with Crippen molar-refractivity contribution < 1.29 is 13.2 Å². The summed E-state index contributed by atoms with van der Waals surface area (Å²) in [5.41, 5.74) is 4.73. The first-order valence-corrected chi connectivity index (χ1v) is 18.4. The quantitative estimate of drug-likeness (QED) is 0.292. The summed E-state index contributed by atoms with van der Waals surface area (Å²) in [5, 5.41) is 9.76. The highest BCUT2D eigenvalue weighted by molar-refractivity contribution is 7.88. The molecule has 5 heterocycles. The second-order valence-electron chi connectivity index (χ2n) is 13.6. The standard InChI is InChI=1S/C18H24N4O.C17H25N3O2S/c1-21-13-6-5-7-14(21)11-12(10-13)19-18(23)17-15-8-3-4-9-16(15)22(2)20-17;1-19(2)10-7-15-12-18-17-6-5-14(11-16(15)17)13-23(21,22)20-8-3-4-9-20/h3-4,8-9,12-14H,5-7,10-11H2,1-2H3,(H,19,23);5-6,11-12,18H,3-4,7-10,13H2,1-2H3/t12?,13-,14+;. The molecule has 0 aliphatic carbocycles. The second-order valence-corrected chi connectivity index (χ2v) is 15.6. The van der Waals surface area contributed by atoms with Crippen molar-refractivity contribution in [2.24, 2.45) is 7.05 Å². The number of rotatable bonds is 8. The number of benzene rings is 2. The number of H-pyrrole nitrogens is 1. The Labute approximate surface area is 273 Å². The molecule has 3 atom stereocenters. The van der Waals surface area contributed by atoms with Crippen LogP contribution < -0.4 is 5.32 Å². The Hall–Kier alpha value is -3.25. The number of nitrogens with zero attached hydrogens (tertiary/aromatic N) is 5. The predicted molar refractivity (Wildman–Crippen MR) is 184 cm³/mol. The van der Waals surface area contributed by atoms with E-state index in [2.05, 4.69) is 46.3 Å². The van der Waals surface area contributed by atoms with Crippen LogP contribution in [-0.2, 0) is 29.2 Å². The Kier molecular flexibility index (Phi) is 9.84. The van der Waals surface area contributed by atoms with Gasteiger partial charge >= 0.3 is 0 Å². The van der Waals surface area contributed by atoms with Crippen LogP contribution in [-0.4, -0.2) is 102 Å². The molecule has 7 rings (SSSR count). The number of piperidine rings is 2. The molecule has 0 saturated carbocycles. The Morgan fingerprint density at radius 1 is 1.00 bits per heavy atom. The van der Waals surface area contributed by atoms with Crippen LogP contribution in [0.5, 0.6) is 0 Å². The summed E-state index contributed by atoms with van der Waals surface area (Å²) in [7, 11) is 5.05. The minimum Gasteiger partial charge on any atom is -0.361 e. The molecule has 4 aromatic rings. The number of likely N-dealkylation sites (N-methyl/N-ethyl adjacent to an activating group) is 1. The lowest BCUT2D eigenvalue weighted by Gasteiger charge is -2.47. The zero-order valence-corrected chi connectivity index (χ0v) is 28.5. The Balaban J connectivity index is 0.000000162. The molecular formula is C35H49N7O3S. The molecule has 3 saturated heterocycles. The van der Waals surface area contributed by atoms with Crippen LogP contribution >= 0.6 is 0 Å². The molecule has 46 heavy (non-hydrogen) atoms. The number of aromatic nitrogens is 3. The zero-order chi connectivity index (χ0) is 32.4. The maximum atomic E-state index is 12.7.